The van der Waals surface area contributed by atoms with E-state index in [9.17, 15) is 9.90 Å². The number of aliphatic hydroxyl groups is 1. The molecule has 3 rings (SSSR count). The summed E-state index contributed by atoms with van der Waals surface area (Å²) in [5.74, 6) is 2.28. The highest BCUT2D eigenvalue weighted by molar-refractivity contribution is 5.69. The number of anilines is 2. The monoisotopic (exact) mass is 444 g/mol. The predicted octanol–water partition coefficient (Wildman–Crippen LogP) is 1.27. The molecule has 1 saturated heterocycles. The highest BCUT2D eigenvalue weighted by Gasteiger charge is 2.25. The fraction of sp³-hybridized carbons (Fsp3) is 0.500. The van der Waals surface area contributed by atoms with Crippen molar-refractivity contribution in [3.63, 3.8) is 0 Å². The molecule has 1 aromatic carbocycles. The number of nitrogens with zero attached hydrogens (tertiary/aromatic N) is 4. The summed E-state index contributed by atoms with van der Waals surface area (Å²) >= 11 is 0. The molecule has 174 valence electrons. The lowest BCUT2D eigenvalue weighted by Crippen LogP contribution is -2.49. The lowest BCUT2D eigenvalue weighted by Gasteiger charge is -2.35. The third-order valence-electron chi connectivity index (χ3n) is 5.24. The number of ether oxygens (including phenoxy) is 2. The van der Waals surface area contributed by atoms with Gasteiger partial charge in [0.1, 0.15) is 30.1 Å². The Bertz CT molecular complexity index is 917. The van der Waals surface area contributed by atoms with Gasteiger partial charge in [0, 0.05) is 43.9 Å². The SMILES string of the molecule is CCOC(=O)N1CCN(c2nc(-c3cccc(OCC(O)CNC)c3)nc(N)c2C)CC1. The average Bonchev–Trinajstić information content (AvgIpc) is 2.80. The number of amides is 1. The zero-order valence-electron chi connectivity index (χ0n) is 18.9. The topological polar surface area (TPSA) is 126 Å². The Hall–Kier alpha value is -3.11. The second-order valence-corrected chi connectivity index (χ2v) is 7.60. The number of hydrogen-bond donors (Lipinski definition) is 3. The van der Waals surface area contributed by atoms with Crippen LogP contribution in [0.3, 0.4) is 0 Å². The normalized spacial score (nSPS) is 14.9. The molecule has 0 radical (unpaired) electrons. The van der Waals surface area contributed by atoms with Gasteiger partial charge < -0.3 is 35.4 Å². The van der Waals surface area contributed by atoms with E-state index in [1.54, 1.807) is 18.9 Å². The molecule has 0 aliphatic carbocycles. The Balaban J connectivity index is 1.76. The van der Waals surface area contributed by atoms with Crippen LogP contribution in [0.4, 0.5) is 16.4 Å². The van der Waals surface area contributed by atoms with E-state index >= 15 is 0 Å². The van der Waals surface area contributed by atoms with E-state index in [0.29, 0.717) is 56.7 Å². The number of piperazine rings is 1. The second-order valence-electron chi connectivity index (χ2n) is 7.60. The van der Waals surface area contributed by atoms with Crippen molar-refractivity contribution in [3.8, 4) is 17.1 Å². The van der Waals surface area contributed by atoms with Crippen LogP contribution < -0.4 is 20.7 Å². The van der Waals surface area contributed by atoms with Crippen LogP contribution in [0.2, 0.25) is 0 Å². The number of likely N-dealkylation sites (N-methyl/N-ethyl adjacent to an activating group) is 1. The van der Waals surface area contributed by atoms with Crippen molar-refractivity contribution in [2.45, 2.75) is 20.0 Å². The largest absolute Gasteiger partial charge is 0.491 e. The molecule has 1 aliphatic rings. The summed E-state index contributed by atoms with van der Waals surface area (Å²) in [6.07, 6.45) is -0.891. The minimum atomic E-state index is -0.602. The zero-order chi connectivity index (χ0) is 23.1. The molecule has 0 saturated carbocycles. The molecule has 10 nitrogen and oxygen atoms in total. The summed E-state index contributed by atoms with van der Waals surface area (Å²) in [4.78, 5) is 25.0. The Morgan fingerprint density at radius 3 is 2.72 bits per heavy atom. The van der Waals surface area contributed by atoms with E-state index in [1.807, 2.05) is 31.2 Å². The van der Waals surface area contributed by atoms with Crippen LogP contribution in [0.25, 0.3) is 11.4 Å². The fourth-order valence-corrected chi connectivity index (χ4v) is 3.49. The summed E-state index contributed by atoms with van der Waals surface area (Å²) in [7, 11) is 1.78. The number of rotatable bonds is 8. The minimum Gasteiger partial charge on any atom is -0.491 e. The Kier molecular flexibility index (Phi) is 8.07. The maximum absolute atomic E-state index is 12.0. The molecule has 1 unspecified atom stereocenters. The van der Waals surface area contributed by atoms with Gasteiger partial charge in [0.25, 0.3) is 0 Å². The summed E-state index contributed by atoms with van der Waals surface area (Å²) < 4.78 is 10.8. The molecule has 1 aromatic heterocycles. The molecule has 1 aliphatic heterocycles. The van der Waals surface area contributed by atoms with Crippen LogP contribution in [0.15, 0.2) is 24.3 Å². The molecule has 1 atom stereocenters. The van der Waals surface area contributed by atoms with Gasteiger partial charge in [-0.25, -0.2) is 14.8 Å². The number of aromatic nitrogens is 2. The smallest absolute Gasteiger partial charge is 0.409 e. The van der Waals surface area contributed by atoms with E-state index in [1.165, 1.54) is 0 Å². The van der Waals surface area contributed by atoms with Crippen LogP contribution >= 0.6 is 0 Å². The fourth-order valence-electron chi connectivity index (χ4n) is 3.49. The first-order chi connectivity index (χ1) is 15.4. The van der Waals surface area contributed by atoms with Crippen molar-refractivity contribution in [2.24, 2.45) is 0 Å². The average molecular weight is 445 g/mol. The maximum Gasteiger partial charge on any atom is 0.409 e. The maximum atomic E-state index is 12.0. The van der Waals surface area contributed by atoms with E-state index in [4.69, 9.17) is 20.2 Å². The van der Waals surface area contributed by atoms with Crippen molar-refractivity contribution in [3.05, 3.63) is 29.8 Å². The second kappa shape index (κ2) is 11.0. The van der Waals surface area contributed by atoms with E-state index in [-0.39, 0.29) is 12.7 Å². The number of carbonyl (C=O) groups excluding carboxylic acids is 1. The number of hydrogen-bond acceptors (Lipinski definition) is 9. The Labute approximate surface area is 188 Å². The lowest BCUT2D eigenvalue weighted by molar-refractivity contribution is 0.105. The van der Waals surface area contributed by atoms with Gasteiger partial charge in [0.15, 0.2) is 5.82 Å². The van der Waals surface area contributed by atoms with Crippen LogP contribution in [-0.4, -0.2) is 85.2 Å². The molecule has 1 fully saturated rings. The van der Waals surface area contributed by atoms with Gasteiger partial charge in [-0.3, -0.25) is 0 Å². The van der Waals surface area contributed by atoms with Gasteiger partial charge in [-0.05, 0) is 33.0 Å². The van der Waals surface area contributed by atoms with Crippen LogP contribution in [0, 0.1) is 6.92 Å². The molecule has 4 N–H and O–H groups in total. The molecule has 10 heteroatoms. The lowest BCUT2D eigenvalue weighted by atomic mass is 10.2. The molecule has 0 spiro atoms. The van der Waals surface area contributed by atoms with Gasteiger partial charge >= 0.3 is 6.09 Å². The third kappa shape index (κ3) is 5.77. The van der Waals surface area contributed by atoms with E-state index in [2.05, 4.69) is 15.2 Å². The number of nitrogens with two attached hydrogens (primary N) is 1. The van der Waals surface area contributed by atoms with Crippen molar-refractivity contribution < 1.29 is 19.4 Å². The molecule has 2 heterocycles. The first-order valence-corrected chi connectivity index (χ1v) is 10.8. The third-order valence-corrected chi connectivity index (χ3v) is 5.24. The number of carbonyl (C=O) groups is 1. The van der Waals surface area contributed by atoms with Crippen LogP contribution in [-0.2, 0) is 4.74 Å². The van der Waals surface area contributed by atoms with Crippen molar-refractivity contribution in [1.82, 2.24) is 20.2 Å². The van der Waals surface area contributed by atoms with Gasteiger partial charge in [-0.2, -0.15) is 0 Å². The number of nitrogen functional groups attached to an aromatic ring is 1. The van der Waals surface area contributed by atoms with Gasteiger partial charge in [0.05, 0.1) is 6.61 Å². The molecule has 1 amide bonds. The van der Waals surface area contributed by atoms with E-state index < -0.39 is 6.10 Å². The minimum absolute atomic E-state index is 0.178. The highest BCUT2D eigenvalue weighted by atomic mass is 16.6. The van der Waals surface area contributed by atoms with Crippen molar-refractivity contribution in [2.75, 3.05) is 63.6 Å². The Morgan fingerprint density at radius 2 is 2.03 bits per heavy atom. The molecular formula is C22H32N6O4. The van der Waals surface area contributed by atoms with Gasteiger partial charge in [-0.1, -0.05) is 12.1 Å². The zero-order valence-corrected chi connectivity index (χ0v) is 18.9. The van der Waals surface area contributed by atoms with Crippen LogP contribution in [0.1, 0.15) is 12.5 Å². The van der Waals surface area contributed by atoms with Crippen LogP contribution in [0.5, 0.6) is 5.75 Å². The first kappa shape index (κ1) is 23.6. The summed E-state index contributed by atoms with van der Waals surface area (Å²) in [6.45, 7) is 7.04. The number of aliphatic hydroxyl groups excluding tert-OH is 1. The molecular weight excluding hydrogens is 412 g/mol. The molecule has 32 heavy (non-hydrogen) atoms. The number of benzene rings is 1. The molecule has 2 aromatic rings. The predicted molar refractivity (Wildman–Crippen MR) is 123 cm³/mol. The van der Waals surface area contributed by atoms with Crippen molar-refractivity contribution in [1.29, 1.82) is 0 Å². The quantitative estimate of drug-likeness (QED) is 0.552. The van der Waals surface area contributed by atoms with E-state index in [0.717, 1.165) is 16.9 Å². The summed E-state index contributed by atoms with van der Waals surface area (Å²) in [5.41, 5.74) is 7.79. The highest BCUT2D eigenvalue weighted by Crippen LogP contribution is 2.28. The summed E-state index contributed by atoms with van der Waals surface area (Å²) in [6, 6.07) is 7.40. The van der Waals surface area contributed by atoms with Gasteiger partial charge in [-0.15, -0.1) is 0 Å². The summed E-state index contributed by atoms with van der Waals surface area (Å²) in [5, 5.41) is 12.8. The first-order valence-electron chi connectivity index (χ1n) is 10.8. The van der Waals surface area contributed by atoms with Crippen molar-refractivity contribution >= 4 is 17.7 Å². The molecule has 0 bridgehead atoms. The van der Waals surface area contributed by atoms with Gasteiger partial charge in [0.2, 0.25) is 0 Å². The number of nitrogens with one attached hydrogen (secondary N) is 1. The Morgan fingerprint density at radius 1 is 1.28 bits per heavy atom. The standard InChI is InChI=1S/C22H32N6O4/c1-4-31-22(30)28-10-8-27(9-11-28)21-15(2)19(23)25-20(26-21)16-6-5-7-18(12-16)32-14-17(29)13-24-3/h5-7,12,17,24,29H,4,8-11,13-14H2,1-3H3,(H2,23,25,26).